The Labute approximate surface area is 128 Å². The number of hydrogen-bond donors (Lipinski definition) is 1. The van der Waals surface area contributed by atoms with Crippen molar-refractivity contribution < 1.29 is 9.47 Å². The number of benzene rings is 1. The fourth-order valence-corrected chi connectivity index (χ4v) is 2.67. The fraction of sp³-hybridized carbons (Fsp3) is 0.333. The molecule has 1 aromatic heterocycles. The van der Waals surface area contributed by atoms with Crippen LogP contribution in [-0.4, -0.2) is 29.7 Å². The van der Waals surface area contributed by atoms with Gasteiger partial charge in [-0.2, -0.15) is 0 Å². The standard InChI is InChI=1S/C15H17N3O2S/c1-2-16-8-11-9-17-15(18-10-11)21-12-3-4-13-14(7-12)20-6-5-19-13/h3-4,7,9-10,16H,2,5-6,8H2,1H3. The fourth-order valence-electron chi connectivity index (χ4n) is 1.95. The van der Waals surface area contributed by atoms with Crippen molar-refractivity contribution in [2.45, 2.75) is 23.5 Å². The van der Waals surface area contributed by atoms with Crippen molar-refractivity contribution in [3.05, 3.63) is 36.2 Å². The number of ether oxygens (including phenoxy) is 2. The Balaban J connectivity index is 1.68. The predicted molar refractivity (Wildman–Crippen MR) is 81.0 cm³/mol. The highest BCUT2D eigenvalue weighted by Gasteiger charge is 2.12. The Morgan fingerprint density at radius 2 is 1.90 bits per heavy atom. The highest BCUT2D eigenvalue weighted by Crippen LogP contribution is 2.35. The van der Waals surface area contributed by atoms with E-state index in [2.05, 4.69) is 22.2 Å². The quantitative estimate of drug-likeness (QED) is 0.857. The summed E-state index contributed by atoms with van der Waals surface area (Å²) >= 11 is 1.51. The molecule has 0 saturated carbocycles. The van der Waals surface area contributed by atoms with Gasteiger partial charge in [-0.25, -0.2) is 9.97 Å². The van der Waals surface area contributed by atoms with Gasteiger partial charge in [0.05, 0.1) is 0 Å². The molecular weight excluding hydrogens is 286 g/mol. The van der Waals surface area contributed by atoms with Gasteiger partial charge in [-0.1, -0.05) is 6.92 Å². The minimum atomic E-state index is 0.594. The molecule has 0 unspecified atom stereocenters. The molecule has 2 heterocycles. The first kappa shape index (κ1) is 14.2. The molecular formula is C15H17N3O2S. The summed E-state index contributed by atoms with van der Waals surface area (Å²) in [6, 6.07) is 5.89. The predicted octanol–water partition coefficient (Wildman–Crippen LogP) is 2.51. The lowest BCUT2D eigenvalue weighted by Gasteiger charge is -2.18. The molecule has 6 heteroatoms. The number of nitrogens with zero attached hydrogens (tertiary/aromatic N) is 2. The largest absolute Gasteiger partial charge is 0.486 e. The van der Waals surface area contributed by atoms with Crippen LogP contribution in [0.1, 0.15) is 12.5 Å². The van der Waals surface area contributed by atoms with Crippen molar-refractivity contribution in [3.8, 4) is 11.5 Å². The van der Waals surface area contributed by atoms with Gasteiger partial charge in [0, 0.05) is 29.4 Å². The van der Waals surface area contributed by atoms with E-state index < -0.39 is 0 Å². The van der Waals surface area contributed by atoms with Gasteiger partial charge in [0.2, 0.25) is 0 Å². The molecule has 110 valence electrons. The van der Waals surface area contributed by atoms with E-state index in [4.69, 9.17) is 9.47 Å². The van der Waals surface area contributed by atoms with Gasteiger partial charge >= 0.3 is 0 Å². The molecule has 2 aromatic rings. The molecule has 0 fully saturated rings. The highest BCUT2D eigenvalue weighted by atomic mass is 32.2. The number of aromatic nitrogens is 2. The maximum atomic E-state index is 5.58. The summed E-state index contributed by atoms with van der Waals surface area (Å²) in [6.07, 6.45) is 3.71. The Morgan fingerprint density at radius 1 is 1.14 bits per heavy atom. The van der Waals surface area contributed by atoms with Crippen molar-refractivity contribution in [3.63, 3.8) is 0 Å². The summed E-state index contributed by atoms with van der Waals surface area (Å²) < 4.78 is 11.1. The van der Waals surface area contributed by atoms with E-state index in [1.54, 1.807) is 0 Å². The van der Waals surface area contributed by atoms with Crippen LogP contribution in [-0.2, 0) is 6.54 Å². The first-order valence-corrected chi connectivity index (χ1v) is 7.76. The van der Waals surface area contributed by atoms with Gasteiger partial charge < -0.3 is 14.8 Å². The molecule has 0 bridgehead atoms. The van der Waals surface area contributed by atoms with Crippen LogP contribution in [0, 0.1) is 0 Å². The van der Waals surface area contributed by atoms with E-state index in [-0.39, 0.29) is 0 Å². The summed E-state index contributed by atoms with van der Waals surface area (Å²) in [7, 11) is 0. The molecule has 0 saturated heterocycles. The molecule has 1 aliphatic heterocycles. The third-order valence-electron chi connectivity index (χ3n) is 2.98. The zero-order chi connectivity index (χ0) is 14.5. The molecule has 0 spiro atoms. The van der Waals surface area contributed by atoms with Crippen LogP contribution in [0.4, 0.5) is 0 Å². The topological polar surface area (TPSA) is 56.3 Å². The minimum Gasteiger partial charge on any atom is -0.486 e. The molecule has 0 atom stereocenters. The monoisotopic (exact) mass is 303 g/mol. The summed E-state index contributed by atoms with van der Waals surface area (Å²) in [4.78, 5) is 9.80. The lowest BCUT2D eigenvalue weighted by Crippen LogP contribution is -2.15. The van der Waals surface area contributed by atoms with E-state index in [1.807, 2.05) is 30.6 Å². The van der Waals surface area contributed by atoms with Crippen molar-refractivity contribution >= 4 is 11.8 Å². The number of nitrogens with one attached hydrogen (secondary N) is 1. The van der Waals surface area contributed by atoms with E-state index in [9.17, 15) is 0 Å². The van der Waals surface area contributed by atoms with Crippen LogP contribution in [0.25, 0.3) is 0 Å². The van der Waals surface area contributed by atoms with Crippen molar-refractivity contribution in [1.82, 2.24) is 15.3 Å². The zero-order valence-corrected chi connectivity index (χ0v) is 12.7. The summed E-state index contributed by atoms with van der Waals surface area (Å²) in [5.74, 6) is 1.59. The number of rotatable bonds is 5. The third kappa shape index (κ3) is 3.65. The van der Waals surface area contributed by atoms with E-state index in [1.165, 1.54) is 11.8 Å². The zero-order valence-electron chi connectivity index (χ0n) is 11.8. The molecule has 1 N–H and O–H groups in total. The molecule has 0 radical (unpaired) electrons. The summed E-state index contributed by atoms with van der Waals surface area (Å²) in [5, 5.41) is 3.98. The van der Waals surface area contributed by atoms with Crippen LogP contribution < -0.4 is 14.8 Å². The van der Waals surface area contributed by atoms with Crippen molar-refractivity contribution in [2.75, 3.05) is 19.8 Å². The Kier molecular flexibility index (Phi) is 4.57. The third-order valence-corrected chi connectivity index (χ3v) is 3.87. The highest BCUT2D eigenvalue weighted by molar-refractivity contribution is 7.99. The van der Waals surface area contributed by atoms with Crippen LogP contribution in [0.5, 0.6) is 11.5 Å². The second kappa shape index (κ2) is 6.78. The second-order valence-corrected chi connectivity index (χ2v) is 5.60. The average molecular weight is 303 g/mol. The SMILES string of the molecule is CCNCc1cnc(Sc2ccc3c(c2)OCCO3)nc1. The molecule has 5 nitrogen and oxygen atoms in total. The second-order valence-electron chi connectivity index (χ2n) is 4.56. The first-order valence-electron chi connectivity index (χ1n) is 6.94. The van der Waals surface area contributed by atoms with E-state index in [0.29, 0.717) is 13.2 Å². The molecule has 1 aliphatic rings. The maximum Gasteiger partial charge on any atom is 0.192 e. The molecule has 0 aliphatic carbocycles. The van der Waals surface area contributed by atoms with Gasteiger partial charge in [-0.05, 0) is 36.5 Å². The van der Waals surface area contributed by atoms with Gasteiger partial charge in [-0.15, -0.1) is 0 Å². The van der Waals surface area contributed by atoms with Crippen LogP contribution in [0.15, 0.2) is 40.6 Å². The molecule has 0 amide bonds. The maximum absolute atomic E-state index is 5.58. The van der Waals surface area contributed by atoms with Gasteiger partial charge in [0.1, 0.15) is 13.2 Å². The lowest BCUT2D eigenvalue weighted by molar-refractivity contribution is 0.171. The summed E-state index contributed by atoms with van der Waals surface area (Å²) in [6.45, 7) is 5.01. The van der Waals surface area contributed by atoms with Gasteiger partial charge in [-0.3, -0.25) is 0 Å². The number of fused-ring (bicyclic) bond motifs is 1. The Morgan fingerprint density at radius 3 is 2.67 bits per heavy atom. The van der Waals surface area contributed by atoms with Crippen LogP contribution in [0.2, 0.25) is 0 Å². The first-order chi connectivity index (χ1) is 10.3. The normalized spacial score (nSPS) is 13.2. The molecule has 3 rings (SSSR count). The molecule has 1 aromatic carbocycles. The Bertz CT molecular complexity index is 604. The Hall–Kier alpha value is -1.79. The van der Waals surface area contributed by atoms with Gasteiger partial charge in [0.15, 0.2) is 16.7 Å². The van der Waals surface area contributed by atoms with Crippen molar-refractivity contribution in [2.24, 2.45) is 0 Å². The van der Waals surface area contributed by atoms with E-state index >= 15 is 0 Å². The average Bonchev–Trinajstić information content (AvgIpc) is 2.54. The van der Waals surface area contributed by atoms with E-state index in [0.717, 1.165) is 40.2 Å². The molecule has 21 heavy (non-hydrogen) atoms. The minimum absolute atomic E-state index is 0.594. The summed E-state index contributed by atoms with van der Waals surface area (Å²) in [5.41, 5.74) is 1.09. The van der Waals surface area contributed by atoms with Crippen LogP contribution in [0.3, 0.4) is 0 Å². The smallest absolute Gasteiger partial charge is 0.192 e. The van der Waals surface area contributed by atoms with Gasteiger partial charge in [0.25, 0.3) is 0 Å². The van der Waals surface area contributed by atoms with Crippen molar-refractivity contribution in [1.29, 1.82) is 0 Å². The van der Waals surface area contributed by atoms with Crippen LogP contribution >= 0.6 is 11.8 Å². The number of hydrogen-bond acceptors (Lipinski definition) is 6. The lowest BCUT2D eigenvalue weighted by atomic mass is 10.3.